The average molecular weight is 446 g/mol. The van der Waals surface area contributed by atoms with Crippen molar-refractivity contribution in [1.29, 1.82) is 0 Å². The van der Waals surface area contributed by atoms with Crippen molar-refractivity contribution in [1.82, 2.24) is 5.16 Å². The van der Waals surface area contributed by atoms with Crippen molar-refractivity contribution in [2.75, 3.05) is 5.32 Å². The largest absolute Gasteiger partial charge is 0.357 e. The van der Waals surface area contributed by atoms with Crippen molar-refractivity contribution in [2.45, 2.75) is 6.92 Å². The Labute approximate surface area is 147 Å². The first-order valence-electron chi connectivity index (χ1n) is 6.76. The Bertz CT molecular complexity index is 982. The Hall–Kier alpha value is -2.23. The maximum Gasteiger partial charge on any atom is 0.357 e. The second-order valence-corrected chi connectivity index (χ2v) is 6.32. The van der Waals surface area contributed by atoms with Gasteiger partial charge in [0.1, 0.15) is 0 Å². The van der Waals surface area contributed by atoms with Gasteiger partial charge in [-0.2, -0.15) is 0 Å². The van der Waals surface area contributed by atoms with Crippen molar-refractivity contribution < 1.29 is 17.7 Å². The molecule has 1 aromatic heterocycles. The summed E-state index contributed by atoms with van der Waals surface area (Å²) in [6.45, 7) is 1.79. The van der Waals surface area contributed by atoms with Crippen LogP contribution in [0.1, 0.15) is 5.56 Å². The minimum Gasteiger partial charge on any atom is -0.352 e. The molecule has 0 unspecified atom stereocenters. The standard InChI is InChI=1S/C16H10F3IN2O2/c1-7-4-8(20)2-3-11(7)21-16-9(12-6-13(23)24-22-12)5-10(17)14(18)15(16)19/h2-6,21-22H,1H3. The molecule has 4 nitrogen and oxygen atoms in total. The molecule has 0 aliphatic heterocycles. The van der Waals surface area contributed by atoms with Gasteiger partial charge < -0.3 is 9.84 Å². The molecular formula is C16H10F3IN2O2. The second-order valence-electron chi connectivity index (χ2n) is 5.07. The van der Waals surface area contributed by atoms with Crippen LogP contribution in [0.15, 0.2) is 39.6 Å². The summed E-state index contributed by atoms with van der Waals surface area (Å²) in [5.74, 6) is -4.35. The van der Waals surface area contributed by atoms with Crippen LogP contribution in [0.2, 0.25) is 0 Å². The number of H-pyrrole nitrogens is 1. The molecule has 0 bridgehead atoms. The molecule has 3 aromatic rings. The zero-order valence-corrected chi connectivity index (χ0v) is 14.4. The molecule has 0 saturated carbocycles. The molecule has 0 spiro atoms. The Balaban J connectivity index is 2.18. The van der Waals surface area contributed by atoms with Gasteiger partial charge in [-0.25, -0.2) is 23.1 Å². The predicted molar refractivity (Wildman–Crippen MR) is 91.8 cm³/mol. The molecule has 0 saturated heterocycles. The average Bonchev–Trinajstić information content (AvgIpc) is 2.96. The molecule has 2 aromatic carbocycles. The maximum absolute atomic E-state index is 14.3. The van der Waals surface area contributed by atoms with Gasteiger partial charge >= 0.3 is 5.63 Å². The van der Waals surface area contributed by atoms with Crippen LogP contribution in [0.3, 0.4) is 0 Å². The summed E-state index contributed by atoms with van der Waals surface area (Å²) < 4.78 is 47.1. The Morgan fingerprint density at radius 1 is 1.12 bits per heavy atom. The molecule has 124 valence electrons. The fourth-order valence-electron chi connectivity index (χ4n) is 2.25. The van der Waals surface area contributed by atoms with Gasteiger partial charge in [-0.05, 0) is 59.3 Å². The number of nitrogens with one attached hydrogen (secondary N) is 2. The van der Waals surface area contributed by atoms with Crippen molar-refractivity contribution >= 4 is 34.0 Å². The van der Waals surface area contributed by atoms with E-state index in [9.17, 15) is 18.0 Å². The van der Waals surface area contributed by atoms with Gasteiger partial charge in [0.2, 0.25) is 0 Å². The SMILES string of the molecule is Cc1cc(I)ccc1Nc1c(-c2cc(=O)o[nH]2)cc(F)c(F)c1F. The highest BCUT2D eigenvalue weighted by Crippen LogP contribution is 2.35. The summed E-state index contributed by atoms with van der Waals surface area (Å²) in [4.78, 5) is 11.2. The number of aromatic nitrogens is 1. The van der Waals surface area contributed by atoms with Crippen LogP contribution in [-0.2, 0) is 0 Å². The summed E-state index contributed by atoms with van der Waals surface area (Å²) in [6.07, 6.45) is 0. The van der Waals surface area contributed by atoms with Crippen molar-refractivity contribution in [2.24, 2.45) is 0 Å². The third-order valence-electron chi connectivity index (χ3n) is 3.42. The van der Waals surface area contributed by atoms with Gasteiger partial charge in [0.05, 0.1) is 17.4 Å². The number of hydrogen-bond donors (Lipinski definition) is 2. The van der Waals surface area contributed by atoms with Crippen molar-refractivity contribution in [3.63, 3.8) is 0 Å². The smallest absolute Gasteiger partial charge is 0.352 e. The lowest BCUT2D eigenvalue weighted by atomic mass is 10.1. The number of anilines is 2. The van der Waals surface area contributed by atoms with Gasteiger partial charge in [-0.3, -0.25) is 0 Å². The van der Waals surface area contributed by atoms with E-state index < -0.39 is 23.1 Å². The first-order chi connectivity index (χ1) is 11.4. The molecule has 1 heterocycles. The summed E-state index contributed by atoms with van der Waals surface area (Å²) in [7, 11) is 0. The Morgan fingerprint density at radius 2 is 1.88 bits per heavy atom. The molecule has 0 amide bonds. The highest BCUT2D eigenvalue weighted by molar-refractivity contribution is 14.1. The van der Waals surface area contributed by atoms with Crippen LogP contribution >= 0.6 is 22.6 Å². The number of halogens is 4. The van der Waals surface area contributed by atoms with Gasteiger partial charge in [0, 0.05) is 14.8 Å². The monoisotopic (exact) mass is 446 g/mol. The van der Waals surface area contributed by atoms with Gasteiger partial charge in [0.25, 0.3) is 0 Å². The van der Waals surface area contributed by atoms with Crippen LogP contribution in [0.4, 0.5) is 24.5 Å². The fraction of sp³-hybridized carbons (Fsp3) is 0.0625. The minimum absolute atomic E-state index is 0.0310. The molecule has 0 aliphatic rings. The van der Waals surface area contributed by atoms with E-state index in [4.69, 9.17) is 0 Å². The number of hydrogen-bond acceptors (Lipinski definition) is 3. The van der Waals surface area contributed by atoms with E-state index in [0.717, 1.165) is 21.3 Å². The Kier molecular flexibility index (Phi) is 4.39. The normalized spacial score (nSPS) is 10.9. The van der Waals surface area contributed by atoms with Gasteiger partial charge in [-0.15, -0.1) is 0 Å². The number of benzene rings is 2. The molecule has 0 atom stereocenters. The zero-order chi connectivity index (χ0) is 17.4. The lowest BCUT2D eigenvalue weighted by Gasteiger charge is -2.15. The van der Waals surface area contributed by atoms with E-state index in [1.807, 2.05) is 6.07 Å². The first-order valence-corrected chi connectivity index (χ1v) is 7.84. The van der Waals surface area contributed by atoms with E-state index in [1.54, 1.807) is 19.1 Å². The molecule has 0 fully saturated rings. The van der Waals surface area contributed by atoms with Crippen molar-refractivity contribution in [3.05, 3.63) is 67.3 Å². The fourth-order valence-corrected chi connectivity index (χ4v) is 2.89. The molecule has 2 N–H and O–H groups in total. The second kappa shape index (κ2) is 6.34. The first kappa shape index (κ1) is 16.6. The van der Waals surface area contributed by atoms with Crippen LogP contribution < -0.4 is 10.9 Å². The topological polar surface area (TPSA) is 58.0 Å². The number of aromatic amines is 1. The summed E-state index contributed by atoms with van der Waals surface area (Å²) in [5, 5.41) is 5.02. The molecule has 24 heavy (non-hydrogen) atoms. The van der Waals surface area contributed by atoms with E-state index in [1.165, 1.54) is 0 Å². The highest BCUT2D eigenvalue weighted by Gasteiger charge is 2.21. The molecule has 0 aliphatic carbocycles. The van der Waals surface area contributed by atoms with Crippen molar-refractivity contribution in [3.8, 4) is 11.3 Å². The number of rotatable bonds is 3. The van der Waals surface area contributed by atoms with Gasteiger partial charge in [0.15, 0.2) is 17.5 Å². The summed E-state index contributed by atoms with van der Waals surface area (Å²) in [6, 6.07) is 7.15. The van der Waals surface area contributed by atoms with Crippen LogP contribution in [0.5, 0.6) is 0 Å². The highest BCUT2D eigenvalue weighted by atomic mass is 127. The molecule has 3 rings (SSSR count). The predicted octanol–water partition coefficient (Wildman–Crippen LogP) is 4.71. The van der Waals surface area contributed by atoms with Crippen LogP contribution in [0, 0.1) is 27.9 Å². The lowest BCUT2D eigenvalue weighted by molar-refractivity contribution is 0.393. The minimum atomic E-state index is -1.60. The van der Waals surface area contributed by atoms with E-state index >= 15 is 0 Å². The maximum atomic E-state index is 14.3. The van der Waals surface area contributed by atoms with Crippen LogP contribution in [0.25, 0.3) is 11.3 Å². The summed E-state index contributed by atoms with van der Waals surface area (Å²) in [5.41, 5.74) is 0.269. The lowest BCUT2D eigenvalue weighted by Crippen LogP contribution is -2.03. The Morgan fingerprint density at radius 3 is 2.50 bits per heavy atom. The third-order valence-corrected chi connectivity index (χ3v) is 4.10. The molecular weight excluding hydrogens is 436 g/mol. The van der Waals surface area contributed by atoms with Crippen LogP contribution in [-0.4, -0.2) is 5.16 Å². The third kappa shape index (κ3) is 3.05. The molecule has 8 heteroatoms. The van der Waals surface area contributed by atoms with E-state index in [-0.39, 0.29) is 16.9 Å². The summed E-state index contributed by atoms with van der Waals surface area (Å²) >= 11 is 2.12. The quantitative estimate of drug-likeness (QED) is 0.453. The van der Waals surface area contributed by atoms with E-state index in [0.29, 0.717) is 5.69 Å². The van der Waals surface area contributed by atoms with Gasteiger partial charge in [-0.1, -0.05) is 0 Å². The number of aryl methyl sites for hydroxylation is 1. The van der Waals surface area contributed by atoms with E-state index in [2.05, 4.69) is 37.6 Å². The zero-order valence-electron chi connectivity index (χ0n) is 12.2. The molecule has 0 radical (unpaired) electrons.